The van der Waals surface area contributed by atoms with Crippen LogP contribution in [0.1, 0.15) is 61.7 Å². The van der Waals surface area contributed by atoms with Crippen LogP contribution in [-0.4, -0.2) is 54.6 Å². The smallest absolute Gasteiger partial charge is 0.254 e. The minimum atomic E-state index is -0.197. The minimum Gasteiger partial charge on any atom is -0.394 e. The molecule has 1 aliphatic carbocycles. The number of hydrogen-bond acceptors (Lipinski definition) is 4. The molecule has 1 spiro atoms. The number of ether oxygens (including phenoxy) is 2. The number of rotatable bonds is 7. The predicted molar refractivity (Wildman–Crippen MR) is 104 cm³/mol. The largest absolute Gasteiger partial charge is 0.394 e. The first-order valence-corrected chi connectivity index (χ1v) is 10.2. The van der Waals surface area contributed by atoms with Crippen LogP contribution < -0.4 is 0 Å². The van der Waals surface area contributed by atoms with Crippen molar-refractivity contribution in [3.63, 3.8) is 0 Å². The summed E-state index contributed by atoms with van der Waals surface area (Å²) in [6, 6.07) is 9.42. The van der Waals surface area contributed by atoms with Crippen molar-refractivity contribution in [2.45, 2.75) is 69.2 Å². The predicted octanol–water partition coefficient (Wildman–Crippen LogP) is 3.61. The van der Waals surface area contributed by atoms with Crippen LogP contribution in [-0.2, 0) is 9.47 Å². The summed E-state index contributed by atoms with van der Waals surface area (Å²) in [6.45, 7) is 0.0335. The fourth-order valence-electron chi connectivity index (χ4n) is 5.31. The van der Waals surface area contributed by atoms with E-state index >= 15 is 0 Å². The topological polar surface area (TPSA) is 59.0 Å². The molecule has 27 heavy (non-hydrogen) atoms. The fraction of sp³-hybridized carbons (Fsp3) is 0.682. The highest BCUT2D eigenvalue weighted by molar-refractivity contribution is 5.95. The normalized spacial score (nSPS) is 28.2. The number of nitrogens with zero attached hydrogens (tertiary/aromatic N) is 1. The number of methoxy groups -OCH3 is 2. The van der Waals surface area contributed by atoms with Gasteiger partial charge in [0.05, 0.1) is 12.6 Å². The van der Waals surface area contributed by atoms with Crippen LogP contribution >= 0.6 is 0 Å². The summed E-state index contributed by atoms with van der Waals surface area (Å²) in [5.74, 6) is 0.484. The Morgan fingerprint density at radius 2 is 1.93 bits per heavy atom. The van der Waals surface area contributed by atoms with Gasteiger partial charge in [-0.1, -0.05) is 31.0 Å². The highest BCUT2D eigenvalue weighted by Gasteiger charge is 2.53. The number of hydrogen-bond donors (Lipinski definition) is 1. The third kappa shape index (κ3) is 4.05. The lowest BCUT2D eigenvalue weighted by molar-refractivity contribution is -0.112. The van der Waals surface area contributed by atoms with Crippen LogP contribution in [0.4, 0.5) is 0 Å². The van der Waals surface area contributed by atoms with Crippen LogP contribution in [0.3, 0.4) is 0 Å². The van der Waals surface area contributed by atoms with Gasteiger partial charge in [-0.3, -0.25) is 4.79 Å². The van der Waals surface area contributed by atoms with Crippen molar-refractivity contribution in [2.24, 2.45) is 5.92 Å². The molecule has 1 N–H and O–H groups in total. The molecule has 1 saturated carbocycles. The third-order valence-corrected chi connectivity index (χ3v) is 6.65. The molecule has 3 atom stereocenters. The van der Waals surface area contributed by atoms with Gasteiger partial charge in [-0.05, 0) is 56.6 Å². The lowest BCUT2D eigenvalue weighted by Crippen LogP contribution is -2.57. The van der Waals surface area contributed by atoms with Gasteiger partial charge in [-0.25, -0.2) is 0 Å². The van der Waals surface area contributed by atoms with E-state index < -0.39 is 0 Å². The van der Waals surface area contributed by atoms with Crippen LogP contribution in [0, 0.1) is 5.92 Å². The van der Waals surface area contributed by atoms with E-state index in [1.165, 1.54) is 6.42 Å². The Kier molecular flexibility index (Phi) is 6.90. The van der Waals surface area contributed by atoms with Crippen molar-refractivity contribution in [3.8, 4) is 0 Å². The first-order chi connectivity index (χ1) is 13.2. The summed E-state index contributed by atoms with van der Waals surface area (Å²) >= 11 is 0. The van der Waals surface area contributed by atoms with Crippen LogP contribution in [0.25, 0.3) is 0 Å². The number of carbonyl (C=O) groups is 1. The number of carbonyl (C=O) groups excluding carboxylic acids is 1. The van der Waals surface area contributed by atoms with Crippen LogP contribution in [0.15, 0.2) is 30.3 Å². The molecule has 1 saturated heterocycles. The van der Waals surface area contributed by atoms with Gasteiger partial charge in [-0.2, -0.15) is 0 Å². The molecule has 3 rings (SSSR count). The van der Waals surface area contributed by atoms with E-state index in [2.05, 4.69) is 4.90 Å². The Bertz CT molecular complexity index is 604. The molecule has 1 heterocycles. The minimum absolute atomic E-state index is 0.0335. The highest BCUT2D eigenvalue weighted by atomic mass is 16.7. The summed E-state index contributed by atoms with van der Waals surface area (Å²) in [4.78, 5) is 15.5. The average molecular weight is 376 g/mol. The molecule has 1 aromatic carbocycles. The van der Waals surface area contributed by atoms with Crippen molar-refractivity contribution in [3.05, 3.63) is 35.9 Å². The lowest BCUT2D eigenvalue weighted by Gasteiger charge is -2.49. The monoisotopic (exact) mass is 375 g/mol. The summed E-state index contributed by atoms with van der Waals surface area (Å²) in [5, 5.41) is 9.99. The number of aliphatic hydroxyl groups excluding tert-OH is 1. The second-order valence-electron chi connectivity index (χ2n) is 7.94. The van der Waals surface area contributed by atoms with E-state index in [0.29, 0.717) is 11.5 Å². The van der Waals surface area contributed by atoms with E-state index in [9.17, 15) is 9.90 Å². The molecule has 1 aliphatic heterocycles. The number of amides is 1. The van der Waals surface area contributed by atoms with Gasteiger partial charge in [0.25, 0.3) is 5.91 Å². The van der Waals surface area contributed by atoms with Gasteiger partial charge >= 0.3 is 0 Å². The molecule has 2 aliphatic rings. The van der Waals surface area contributed by atoms with Gasteiger partial charge in [0.2, 0.25) is 0 Å². The molecule has 5 nitrogen and oxygen atoms in total. The van der Waals surface area contributed by atoms with Gasteiger partial charge in [-0.15, -0.1) is 0 Å². The van der Waals surface area contributed by atoms with Crippen molar-refractivity contribution in [1.29, 1.82) is 0 Å². The Hall–Kier alpha value is -1.43. The number of likely N-dealkylation sites (tertiary alicyclic amines) is 1. The maximum absolute atomic E-state index is 13.5. The van der Waals surface area contributed by atoms with E-state index in [4.69, 9.17) is 9.47 Å². The molecular weight excluding hydrogens is 342 g/mol. The first-order valence-electron chi connectivity index (χ1n) is 10.2. The zero-order valence-electron chi connectivity index (χ0n) is 16.6. The third-order valence-electron chi connectivity index (χ3n) is 6.65. The Balaban J connectivity index is 1.87. The second-order valence-corrected chi connectivity index (χ2v) is 7.94. The van der Waals surface area contributed by atoms with Crippen molar-refractivity contribution < 1.29 is 19.4 Å². The number of benzene rings is 1. The van der Waals surface area contributed by atoms with E-state index in [1.807, 2.05) is 30.3 Å². The molecule has 0 radical (unpaired) electrons. The van der Waals surface area contributed by atoms with Crippen LogP contribution in [0.2, 0.25) is 0 Å². The molecule has 0 bridgehead atoms. The molecule has 150 valence electrons. The van der Waals surface area contributed by atoms with Crippen molar-refractivity contribution in [2.75, 3.05) is 20.8 Å². The first kappa shape index (κ1) is 20.3. The Morgan fingerprint density at radius 1 is 1.19 bits per heavy atom. The quantitative estimate of drug-likeness (QED) is 0.740. The molecule has 5 heteroatoms. The van der Waals surface area contributed by atoms with Gasteiger partial charge < -0.3 is 19.5 Å². The molecule has 1 amide bonds. The molecule has 2 fully saturated rings. The summed E-state index contributed by atoms with van der Waals surface area (Å²) in [6.07, 6.45) is 7.96. The van der Waals surface area contributed by atoms with E-state index in [1.54, 1.807) is 14.2 Å². The SMILES string of the molecule is COC(CC[C@@H]1CCCC[C@]12CC[C@H](CO)N2C(=O)c1ccccc1)OC. The lowest BCUT2D eigenvalue weighted by atomic mass is 9.69. The van der Waals surface area contributed by atoms with Crippen LogP contribution in [0.5, 0.6) is 0 Å². The number of aliphatic hydroxyl groups is 1. The van der Waals surface area contributed by atoms with E-state index in [0.717, 1.165) is 44.9 Å². The van der Waals surface area contributed by atoms with Gasteiger partial charge in [0.15, 0.2) is 6.29 Å². The zero-order chi connectivity index (χ0) is 19.3. The van der Waals surface area contributed by atoms with Gasteiger partial charge in [0.1, 0.15) is 0 Å². The second kappa shape index (κ2) is 9.18. The van der Waals surface area contributed by atoms with Crippen molar-refractivity contribution >= 4 is 5.91 Å². The molecule has 1 aromatic rings. The zero-order valence-corrected chi connectivity index (χ0v) is 16.6. The highest BCUT2D eigenvalue weighted by Crippen LogP contribution is 2.50. The Labute approximate surface area is 162 Å². The summed E-state index contributed by atoms with van der Waals surface area (Å²) in [7, 11) is 3.35. The standard InChI is InChI=1S/C22H33NO4/c1-26-20(27-2)12-11-18-10-6-7-14-22(18)15-13-19(16-24)23(22)21(25)17-8-4-3-5-9-17/h3-5,8-9,18-20,24H,6-7,10-16H2,1-2H3/t18-,19+,22-/m0/s1. The van der Waals surface area contributed by atoms with Gasteiger partial charge in [0, 0.05) is 25.3 Å². The Morgan fingerprint density at radius 3 is 2.59 bits per heavy atom. The average Bonchev–Trinajstić information content (AvgIpc) is 3.08. The molecule has 0 unspecified atom stereocenters. The summed E-state index contributed by atoms with van der Waals surface area (Å²) in [5.41, 5.74) is 0.568. The van der Waals surface area contributed by atoms with Crippen molar-refractivity contribution in [1.82, 2.24) is 4.90 Å². The molecule has 0 aromatic heterocycles. The maximum atomic E-state index is 13.5. The summed E-state index contributed by atoms with van der Waals surface area (Å²) < 4.78 is 10.8. The van der Waals surface area contributed by atoms with E-state index in [-0.39, 0.29) is 30.4 Å². The fourth-order valence-corrected chi connectivity index (χ4v) is 5.31. The molecular formula is C22H33NO4. The maximum Gasteiger partial charge on any atom is 0.254 e.